The molecule has 3 heteroatoms. The summed E-state index contributed by atoms with van der Waals surface area (Å²) in [6, 6.07) is 13.7. The van der Waals surface area contributed by atoms with Crippen LogP contribution in [0.4, 0.5) is 0 Å². The molecule has 0 radical (unpaired) electrons. The van der Waals surface area contributed by atoms with Crippen molar-refractivity contribution in [1.82, 2.24) is 0 Å². The summed E-state index contributed by atoms with van der Waals surface area (Å²) >= 11 is 0. The van der Waals surface area contributed by atoms with Crippen molar-refractivity contribution in [3.63, 3.8) is 0 Å². The van der Waals surface area contributed by atoms with E-state index in [1.165, 1.54) is 11.1 Å². The molecule has 0 atom stereocenters. The molecule has 2 aromatic carbocycles. The van der Waals surface area contributed by atoms with Gasteiger partial charge in [-0.1, -0.05) is 30.3 Å². The summed E-state index contributed by atoms with van der Waals surface area (Å²) < 4.78 is 5.77. The summed E-state index contributed by atoms with van der Waals surface area (Å²) in [5, 5.41) is 7.34. The van der Waals surface area contributed by atoms with Gasteiger partial charge < -0.3 is 10.5 Å². The first kappa shape index (κ1) is 13.1. The maximum absolute atomic E-state index is 7.34. The van der Waals surface area contributed by atoms with Gasteiger partial charge in [0.15, 0.2) is 0 Å². The molecule has 19 heavy (non-hydrogen) atoms. The third-order valence-electron chi connectivity index (χ3n) is 2.87. The average molecular weight is 254 g/mol. The molecule has 0 saturated heterocycles. The zero-order valence-electron chi connectivity index (χ0n) is 11.2. The van der Waals surface area contributed by atoms with E-state index in [9.17, 15) is 0 Å². The minimum absolute atomic E-state index is 0.0850. The summed E-state index contributed by atoms with van der Waals surface area (Å²) in [5.41, 5.74) is 9.60. The number of nitrogens with two attached hydrogens (primary N) is 1. The predicted molar refractivity (Wildman–Crippen MR) is 77.7 cm³/mol. The summed E-state index contributed by atoms with van der Waals surface area (Å²) in [6.45, 7) is 4.63. The molecule has 0 aliphatic carbocycles. The molecule has 0 spiro atoms. The zero-order chi connectivity index (χ0) is 13.8. The number of amidine groups is 1. The molecule has 0 aromatic heterocycles. The predicted octanol–water partition coefficient (Wildman–Crippen LogP) is 3.17. The molecule has 3 nitrogen and oxygen atoms in total. The third kappa shape index (κ3) is 3.58. The van der Waals surface area contributed by atoms with Gasteiger partial charge in [0, 0.05) is 5.56 Å². The van der Waals surface area contributed by atoms with Gasteiger partial charge >= 0.3 is 0 Å². The van der Waals surface area contributed by atoms with Crippen molar-refractivity contribution in [2.75, 3.05) is 0 Å². The number of ether oxygens (including phenoxy) is 1. The average Bonchev–Trinajstić information content (AvgIpc) is 2.36. The number of aryl methyl sites for hydroxylation is 2. The first-order valence-corrected chi connectivity index (χ1v) is 6.19. The maximum Gasteiger partial charge on any atom is 0.122 e. The number of nitrogens with one attached hydrogen (secondary N) is 1. The van der Waals surface area contributed by atoms with E-state index in [-0.39, 0.29) is 5.84 Å². The second kappa shape index (κ2) is 5.57. The molecule has 0 aliphatic rings. The van der Waals surface area contributed by atoms with Gasteiger partial charge in [-0.15, -0.1) is 0 Å². The topological polar surface area (TPSA) is 59.1 Å². The summed E-state index contributed by atoms with van der Waals surface area (Å²) in [6.07, 6.45) is 0. The first-order valence-electron chi connectivity index (χ1n) is 6.19. The molecule has 0 saturated carbocycles. The van der Waals surface area contributed by atoms with E-state index in [4.69, 9.17) is 15.9 Å². The van der Waals surface area contributed by atoms with Crippen LogP contribution in [-0.4, -0.2) is 5.84 Å². The lowest BCUT2D eigenvalue weighted by atomic mass is 10.1. The van der Waals surface area contributed by atoms with Gasteiger partial charge in [0.25, 0.3) is 0 Å². The molecule has 0 amide bonds. The van der Waals surface area contributed by atoms with Crippen LogP contribution in [0.2, 0.25) is 0 Å². The largest absolute Gasteiger partial charge is 0.489 e. The first-order chi connectivity index (χ1) is 9.04. The van der Waals surface area contributed by atoms with E-state index >= 15 is 0 Å². The fourth-order valence-corrected chi connectivity index (χ4v) is 1.96. The minimum Gasteiger partial charge on any atom is -0.489 e. The van der Waals surface area contributed by atoms with Crippen LogP contribution in [0.3, 0.4) is 0 Å². The monoisotopic (exact) mass is 254 g/mol. The summed E-state index contributed by atoms with van der Waals surface area (Å²) in [4.78, 5) is 0. The van der Waals surface area contributed by atoms with Crippen LogP contribution < -0.4 is 10.5 Å². The Morgan fingerprint density at radius 2 is 1.63 bits per heavy atom. The standard InChI is InChI=1S/C16H18N2O/c1-11-7-12(2)9-15(8-11)19-10-13-3-5-14(6-4-13)16(17)18/h3-9H,10H2,1-2H3,(H3,17,18). The van der Waals surface area contributed by atoms with E-state index in [2.05, 4.69) is 19.9 Å². The van der Waals surface area contributed by atoms with Crippen molar-refractivity contribution < 1.29 is 4.74 Å². The fourth-order valence-electron chi connectivity index (χ4n) is 1.96. The Hall–Kier alpha value is -2.29. The Morgan fingerprint density at radius 1 is 1.05 bits per heavy atom. The van der Waals surface area contributed by atoms with Crippen LogP contribution in [-0.2, 0) is 6.61 Å². The van der Waals surface area contributed by atoms with Gasteiger partial charge in [0.05, 0.1) is 0 Å². The van der Waals surface area contributed by atoms with Gasteiger partial charge in [-0.3, -0.25) is 5.41 Å². The van der Waals surface area contributed by atoms with Gasteiger partial charge in [-0.25, -0.2) is 0 Å². The van der Waals surface area contributed by atoms with Crippen molar-refractivity contribution in [1.29, 1.82) is 5.41 Å². The van der Waals surface area contributed by atoms with Crippen LogP contribution >= 0.6 is 0 Å². The van der Waals surface area contributed by atoms with E-state index in [1.807, 2.05) is 36.4 Å². The van der Waals surface area contributed by atoms with Crippen LogP contribution in [0, 0.1) is 19.3 Å². The molecule has 0 heterocycles. The number of hydrogen-bond acceptors (Lipinski definition) is 2. The molecule has 0 unspecified atom stereocenters. The van der Waals surface area contributed by atoms with Crippen molar-refractivity contribution in [3.05, 3.63) is 64.7 Å². The van der Waals surface area contributed by atoms with Crippen molar-refractivity contribution >= 4 is 5.84 Å². The van der Waals surface area contributed by atoms with Crippen molar-refractivity contribution in [2.24, 2.45) is 5.73 Å². The highest BCUT2D eigenvalue weighted by Crippen LogP contribution is 2.17. The molecule has 2 rings (SSSR count). The van der Waals surface area contributed by atoms with E-state index < -0.39 is 0 Å². The van der Waals surface area contributed by atoms with Crippen molar-refractivity contribution in [2.45, 2.75) is 20.5 Å². The lowest BCUT2D eigenvalue weighted by Gasteiger charge is -2.09. The molecule has 0 bridgehead atoms. The summed E-state index contributed by atoms with van der Waals surface area (Å²) in [7, 11) is 0. The highest BCUT2D eigenvalue weighted by molar-refractivity contribution is 5.94. The smallest absolute Gasteiger partial charge is 0.122 e. The van der Waals surface area contributed by atoms with E-state index in [1.54, 1.807) is 0 Å². The number of nitrogen functional groups attached to an aromatic ring is 1. The second-order valence-electron chi connectivity index (χ2n) is 4.72. The van der Waals surface area contributed by atoms with Crippen LogP contribution in [0.5, 0.6) is 5.75 Å². The highest BCUT2D eigenvalue weighted by Gasteiger charge is 2.00. The van der Waals surface area contributed by atoms with Crippen LogP contribution in [0.15, 0.2) is 42.5 Å². The second-order valence-corrected chi connectivity index (χ2v) is 4.72. The van der Waals surface area contributed by atoms with Gasteiger partial charge in [0.1, 0.15) is 18.2 Å². The Balaban J connectivity index is 2.03. The Kier molecular flexibility index (Phi) is 3.85. The van der Waals surface area contributed by atoms with Crippen LogP contribution in [0.25, 0.3) is 0 Å². The van der Waals surface area contributed by atoms with Gasteiger partial charge in [-0.2, -0.15) is 0 Å². The third-order valence-corrected chi connectivity index (χ3v) is 2.87. The fraction of sp³-hybridized carbons (Fsp3) is 0.188. The molecule has 0 fully saturated rings. The Labute approximate surface area is 113 Å². The molecular weight excluding hydrogens is 236 g/mol. The van der Waals surface area contributed by atoms with E-state index in [0.717, 1.165) is 16.9 Å². The number of benzene rings is 2. The Bertz CT molecular complexity index is 568. The molecule has 3 N–H and O–H groups in total. The highest BCUT2D eigenvalue weighted by atomic mass is 16.5. The van der Waals surface area contributed by atoms with E-state index in [0.29, 0.717) is 6.61 Å². The van der Waals surface area contributed by atoms with Crippen LogP contribution in [0.1, 0.15) is 22.3 Å². The number of rotatable bonds is 4. The quantitative estimate of drug-likeness (QED) is 0.650. The minimum atomic E-state index is 0.0850. The molecule has 2 aromatic rings. The lowest BCUT2D eigenvalue weighted by Crippen LogP contribution is -2.10. The SMILES string of the molecule is Cc1cc(C)cc(OCc2ccc(C(=N)N)cc2)c1. The lowest BCUT2D eigenvalue weighted by molar-refractivity contribution is 0.306. The van der Waals surface area contributed by atoms with Crippen molar-refractivity contribution in [3.8, 4) is 5.75 Å². The molecule has 0 aliphatic heterocycles. The zero-order valence-corrected chi connectivity index (χ0v) is 11.2. The number of hydrogen-bond donors (Lipinski definition) is 2. The summed E-state index contributed by atoms with van der Waals surface area (Å²) in [5.74, 6) is 0.968. The Morgan fingerprint density at radius 3 is 2.16 bits per heavy atom. The normalized spacial score (nSPS) is 10.2. The molecule has 98 valence electrons. The maximum atomic E-state index is 7.34. The van der Waals surface area contributed by atoms with Gasteiger partial charge in [-0.05, 0) is 42.7 Å². The van der Waals surface area contributed by atoms with Gasteiger partial charge in [0.2, 0.25) is 0 Å². The molecular formula is C16H18N2O.